The maximum Gasteiger partial charge on any atom is 0.0687 e. The fraction of sp³-hybridized carbons (Fsp3) is 0.200. The Morgan fingerprint density at radius 2 is 2.00 bits per heavy atom. The van der Waals surface area contributed by atoms with Gasteiger partial charge in [-0.25, -0.2) is 0 Å². The van der Waals surface area contributed by atoms with Crippen molar-refractivity contribution < 1.29 is 0 Å². The Morgan fingerprint density at radius 3 is 2.57 bits per heavy atom. The highest BCUT2D eigenvalue weighted by atomic mass is 79.9. The summed E-state index contributed by atoms with van der Waals surface area (Å²) in [7, 11) is 0. The predicted molar refractivity (Wildman–Crippen MR) is 59.8 cm³/mol. The van der Waals surface area contributed by atoms with E-state index in [1.54, 1.807) is 0 Å². The number of hydrogen-bond donors (Lipinski definition) is 2. The third-order valence-electron chi connectivity index (χ3n) is 2.28. The van der Waals surface area contributed by atoms with Crippen LogP contribution in [0.15, 0.2) is 41.1 Å². The van der Waals surface area contributed by atoms with Gasteiger partial charge in [-0.2, -0.15) is 0 Å². The summed E-state index contributed by atoms with van der Waals surface area (Å²) >= 11 is 3.42. The number of halogens is 1. The van der Waals surface area contributed by atoms with E-state index in [1.165, 1.54) is 5.56 Å². The molecule has 1 aromatic rings. The predicted octanol–water partition coefficient (Wildman–Crippen LogP) is 2.31. The first-order valence-electron chi connectivity index (χ1n) is 4.49. The van der Waals surface area contributed by atoms with Crippen LogP contribution in [0, 0.1) is 0 Å². The molecule has 1 heterocycles. The number of nitrogens with one attached hydrogen (secondary N) is 2. The van der Waals surface area contributed by atoms with Gasteiger partial charge in [0, 0.05) is 16.9 Å². The molecule has 0 saturated carbocycles. The van der Waals surface area contributed by atoms with Gasteiger partial charge in [-0.1, -0.05) is 28.1 Å². The first-order chi connectivity index (χ1) is 6.77. The minimum atomic E-state index is 0.314. The first-order valence-corrected chi connectivity index (χ1v) is 5.28. The van der Waals surface area contributed by atoms with Gasteiger partial charge >= 0.3 is 0 Å². The maximum atomic E-state index is 3.42. The summed E-state index contributed by atoms with van der Waals surface area (Å²) in [6.45, 7) is 2.15. The SMILES string of the molecule is CC(c1ccc(Br)cc1)N1C=CNN1. The molecular formula is C10H12BrN3. The van der Waals surface area contributed by atoms with E-state index in [0.29, 0.717) is 6.04 Å². The van der Waals surface area contributed by atoms with E-state index in [9.17, 15) is 0 Å². The van der Waals surface area contributed by atoms with Crippen molar-refractivity contribution in [3.05, 3.63) is 46.7 Å². The van der Waals surface area contributed by atoms with Crippen LogP contribution in [0.4, 0.5) is 0 Å². The average Bonchev–Trinajstić information content (AvgIpc) is 2.71. The van der Waals surface area contributed by atoms with Crippen LogP contribution in [-0.2, 0) is 0 Å². The second-order valence-corrected chi connectivity index (χ2v) is 4.12. The standard InChI is InChI=1S/C10H12BrN3/c1-8(14-7-6-12-13-14)9-2-4-10(11)5-3-9/h2-8,12-13H,1H3. The summed E-state index contributed by atoms with van der Waals surface area (Å²) in [4.78, 5) is 0. The molecule has 1 aliphatic heterocycles. The van der Waals surface area contributed by atoms with Crippen molar-refractivity contribution >= 4 is 15.9 Å². The highest BCUT2D eigenvalue weighted by Crippen LogP contribution is 2.21. The van der Waals surface area contributed by atoms with Crippen molar-refractivity contribution in [3.63, 3.8) is 0 Å². The van der Waals surface area contributed by atoms with E-state index in [-0.39, 0.29) is 0 Å². The van der Waals surface area contributed by atoms with Crippen molar-refractivity contribution in [3.8, 4) is 0 Å². The lowest BCUT2D eigenvalue weighted by Crippen LogP contribution is -2.37. The Balaban J connectivity index is 2.14. The van der Waals surface area contributed by atoms with Crippen LogP contribution in [0.2, 0.25) is 0 Å². The zero-order chi connectivity index (χ0) is 9.97. The van der Waals surface area contributed by atoms with Crippen molar-refractivity contribution in [1.29, 1.82) is 0 Å². The Labute approximate surface area is 91.9 Å². The Hall–Kier alpha value is -1.00. The normalized spacial score (nSPS) is 16.9. The van der Waals surface area contributed by atoms with Crippen LogP contribution in [0.25, 0.3) is 0 Å². The monoisotopic (exact) mass is 253 g/mol. The molecule has 3 nitrogen and oxygen atoms in total. The van der Waals surface area contributed by atoms with Crippen molar-refractivity contribution in [2.75, 3.05) is 0 Å². The molecule has 2 N–H and O–H groups in total. The Bertz CT molecular complexity index is 334. The molecule has 0 spiro atoms. The molecule has 1 aliphatic rings. The van der Waals surface area contributed by atoms with E-state index >= 15 is 0 Å². The van der Waals surface area contributed by atoms with Gasteiger partial charge in [0.05, 0.1) is 6.04 Å². The molecule has 1 unspecified atom stereocenters. The molecule has 0 fully saturated rings. The van der Waals surface area contributed by atoms with Crippen LogP contribution in [0.1, 0.15) is 18.5 Å². The minimum absolute atomic E-state index is 0.314. The maximum absolute atomic E-state index is 3.42. The highest BCUT2D eigenvalue weighted by Gasteiger charge is 2.13. The Morgan fingerprint density at radius 1 is 1.29 bits per heavy atom. The summed E-state index contributed by atoms with van der Waals surface area (Å²) in [6.07, 6.45) is 3.85. The van der Waals surface area contributed by atoms with E-state index < -0.39 is 0 Å². The molecule has 2 rings (SSSR count). The molecule has 1 aromatic carbocycles. The molecule has 14 heavy (non-hydrogen) atoms. The molecule has 1 atom stereocenters. The summed E-state index contributed by atoms with van der Waals surface area (Å²) in [5, 5.41) is 2.02. The van der Waals surface area contributed by atoms with Gasteiger partial charge in [-0.05, 0) is 24.6 Å². The fourth-order valence-electron chi connectivity index (χ4n) is 1.39. The molecule has 0 amide bonds. The number of benzene rings is 1. The first kappa shape index (κ1) is 9.55. The largest absolute Gasteiger partial charge is 0.310 e. The second kappa shape index (κ2) is 4.02. The summed E-state index contributed by atoms with van der Waals surface area (Å²) in [6, 6.07) is 8.65. The van der Waals surface area contributed by atoms with E-state index in [2.05, 4.69) is 58.1 Å². The second-order valence-electron chi connectivity index (χ2n) is 3.21. The number of nitrogens with zero attached hydrogens (tertiary/aromatic N) is 1. The lowest BCUT2D eigenvalue weighted by molar-refractivity contribution is 0.211. The van der Waals surface area contributed by atoms with Gasteiger partial charge < -0.3 is 5.43 Å². The van der Waals surface area contributed by atoms with Gasteiger partial charge in [0.15, 0.2) is 0 Å². The molecule has 74 valence electrons. The number of rotatable bonds is 2. The van der Waals surface area contributed by atoms with Crippen LogP contribution in [0.5, 0.6) is 0 Å². The molecule has 0 bridgehead atoms. The summed E-state index contributed by atoms with van der Waals surface area (Å²) in [5.41, 5.74) is 7.22. The zero-order valence-electron chi connectivity index (χ0n) is 7.87. The Kier molecular flexibility index (Phi) is 2.74. The number of hydrazine groups is 2. The minimum Gasteiger partial charge on any atom is -0.310 e. The van der Waals surface area contributed by atoms with E-state index in [1.807, 2.05) is 17.4 Å². The van der Waals surface area contributed by atoms with Gasteiger partial charge in [0.1, 0.15) is 0 Å². The van der Waals surface area contributed by atoms with Gasteiger partial charge in [-0.3, -0.25) is 5.01 Å². The third-order valence-corrected chi connectivity index (χ3v) is 2.81. The lowest BCUT2D eigenvalue weighted by atomic mass is 10.1. The van der Waals surface area contributed by atoms with Gasteiger partial charge in [0.2, 0.25) is 0 Å². The van der Waals surface area contributed by atoms with E-state index in [0.717, 1.165) is 4.47 Å². The highest BCUT2D eigenvalue weighted by molar-refractivity contribution is 9.10. The topological polar surface area (TPSA) is 27.3 Å². The molecular weight excluding hydrogens is 242 g/mol. The zero-order valence-corrected chi connectivity index (χ0v) is 9.45. The van der Waals surface area contributed by atoms with Crippen LogP contribution in [0.3, 0.4) is 0 Å². The van der Waals surface area contributed by atoms with Crippen LogP contribution < -0.4 is 11.0 Å². The molecule has 0 radical (unpaired) electrons. The third kappa shape index (κ3) is 1.91. The molecule has 4 heteroatoms. The number of hydrogen-bond acceptors (Lipinski definition) is 3. The van der Waals surface area contributed by atoms with Crippen molar-refractivity contribution in [2.45, 2.75) is 13.0 Å². The van der Waals surface area contributed by atoms with Gasteiger partial charge in [-0.15, -0.1) is 5.53 Å². The smallest absolute Gasteiger partial charge is 0.0687 e. The molecule has 0 aromatic heterocycles. The lowest BCUT2D eigenvalue weighted by Gasteiger charge is -2.23. The van der Waals surface area contributed by atoms with Crippen molar-refractivity contribution in [1.82, 2.24) is 16.0 Å². The summed E-state index contributed by atoms with van der Waals surface area (Å²) in [5.74, 6) is 0. The average molecular weight is 254 g/mol. The van der Waals surface area contributed by atoms with Crippen LogP contribution >= 0.6 is 15.9 Å². The molecule has 0 saturated heterocycles. The van der Waals surface area contributed by atoms with Crippen molar-refractivity contribution in [2.24, 2.45) is 0 Å². The fourth-order valence-corrected chi connectivity index (χ4v) is 1.66. The summed E-state index contributed by atoms with van der Waals surface area (Å²) < 4.78 is 1.11. The van der Waals surface area contributed by atoms with Crippen LogP contribution in [-0.4, -0.2) is 5.01 Å². The molecule has 0 aliphatic carbocycles. The van der Waals surface area contributed by atoms with E-state index in [4.69, 9.17) is 0 Å². The van der Waals surface area contributed by atoms with Gasteiger partial charge in [0.25, 0.3) is 0 Å². The quantitative estimate of drug-likeness (QED) is 0.848.